The SMILES string of the molecule is COc1cc2c(c3c1C(=O)C[C@H](c1ccccc1)O3)[C@H]1[C@H](O2)C1(C)C. The zero-order valence-electron chi connectivity index (χ0n) is 14.5. The van der Waals surface area contributed by atoms with Gasteiger partial charge in [-0.25, -0.2) is 0 Å². The molecule has 2 aromatic carbocycles. The van der Waals surface area contributed by atoms with Gasteiger partial charge in [-0.15, -0.1) is 0 Å². The summed E-state index contributed by atoms with van der Waals surface area (Å²) in [6.07, 6.45) is 0.220. The van der Waals surface area contributed by atoms with Crippen molar-refractivity contribution in [1.29, 1.82) is 0 Å². The van der Waals surface area contributed by atoms with E-state index in [1.54, 1.807) is 7.11 Å². The summed E-state index contributed by atoms with van der Waals surface area (Å²) in [5, 5.41) is 0. The molecule has 0 aromatic heterocycles. The standard InChI is InChI=1S/C21H20O4/c1-21(2)18-17-15(25-20(18)21)10-14(23-3)16-12(22)9-13(24-19(16)17)11-7-5-4-6-8-11/h4-8,10,13,18,20H,9H2,1-3H3/t13-,18+,20+/m1/s1. The van der Waals surface area contributed by atoms with Crippen LogP contribution in [0.25, 0.3) is 0 Å². The maximum absolute atomic E-state index is 12.9. The highest BCUT2D eigenvalue weighted by Gasteiger charge is 2.67. The molecule has 128 valence electrons. The van der Waals surface area contributed by atoms with Crippen LogP contribution in [0, 0.1) is 5.41 Å². The van der Waals surface area contributed by atoms with E-state index in [-0.39, 0.29) is 29.3 Å². The molecular weight excluding hydrogens is 316 g/mol. The first-order valence-electron chi connectivity index (χ1n) is 8.68. The maximum Gasteiger partial charge on any atom is 0.174 e. The van der Waals surface area contributed by atoms with Gasteiger partial charge in [-0.05, 0) is 5.56 Å². The summed E-state index contributed by atoms with van der Waals surface area (Å²) in [6, 6.07) is 11.8. The highest BCUT2D eigenvalue weighted by molar-refractivity contribution is 6.03. The smallest absolute Gasteiger partial charge is 0.174 e. The third kappa shape index (κ3) is 1.91. The minimum absolute atomic E-state index is 0.0664. The molecule has 0 spiro atoms. The summed E-state index contributed by atoms with van der Waals surface area (Å²) >= 11 is 0. The molecule has 0 radical (unpaired) electrons. The van der Waals surface area contributed by atoms with Crippen molar-refractivity contribution in [1.82, 2.24) is 0 Å². The maximum atomic E-state index is 12.9. The molecule has 0 bridgehead atoms. The molecule has 0 unspecified atom stereocenters. The predicted molar refractivity (Wildman–Crippen MR) is 92.7 cm³/mol. The Morgan fingerprint density at radius 1 is 1.16 bits per heavy atom. The van der Waals surface area contributed by atoms with E-state index in [0.717, 1.165) is 16.9 Å². The normalized spacial score (nSPS) is 27.5. The average molecular weight is 336 g/mol. The van der Waals surface area contributed by atoms with Crippen molar-refractivity contribution < 1.29 is 19.0 Å². The number of rotatable bonds is 2. The van der Waals surface area contributed by atoms with Gasteiger partial charge in [-0.3, -0.25) is 4.79 Å². The number of ether oxygens (including phenoxy) is 3. The number of Topliss-reactive ketones (excluding diaryl/α,β-unsaturated/α-hetero) is 1. The Bertz CT molecular complexity index is 885. The van der Waals surface area contributed by atoms with E-state index < -0.39 is 0 Å². The lowest BCUT2D eigenvalue weighted by molar-refractivity contribution is 0.0841. The van der Waals surface area contributed by atoms with E-state index in [9.17, 15) is 4.79 Å². The predicted octanol–water partition coefficient (Wildman–Crippen LogP) is 4.29. The number of hydrogen-bond acceptors (Lipinski definition) is 4. The van der Waals surface area contributed by atoms with Gasteiger partial charge in [-0.2, -0.15) is 0 Å². The quantitative estimate of drug-likeness (QED) is 0.821. The van der Waals surface area contributed by atoms with E-state index in [1.807, 2.05) is 36.4 Å². The van der Waals surface area contributed by atoms with Crippen LogP contribution in [0.2, 0.25) is 0 Å². The van der Waals surface area contributed by atoms with Crippen LogP contribution < -0.4 is 14.2 Å². The zero-order chi connectivity index (χ0) is 17.3. The van der Waals surface area contributed by atoms with Gasteiger partial charge in [0.25, 0.3) is 0 Å². The van der Waals surface area contributed by atoms with E-state index in [2.05, 4.69) is 13.8 Å². The minimum Gasteiger partial charge on any atom is -0.496 e. The highest BCUT2D eigenvalue weighted by Crippen LogP contribution is 2.70. The second-order valence-electron chi connectivity index (χ2n) is 7.68. The Morgan fingerprint density at radius 3 is 2.64 bits per heavy atom. The van der Waals surface area contributed by atoms with Crippen LogP contribution in [0.4, 0.5) is 0 Å². The van der Waals surface area contributed by atoms with Crippen LogP contribution in [0.15, 0.2) is 36.4 Å². The van der Waals surface area contributed by atoms with Crippen molar-refractivity contribution in [3.05, 3.63) is 53.1 Å². The molecule has 4 nitrogen and oxygen atoms in total. The van der Waals surface area contributed by atoms with Crippen molar-refractivity contribution in [2.45, 2.75) is 38.4 Å². The summed E-state index contributed by atoms with van der Waals surface area (Å²) < 4.78 is 18.0. The van der Waals surface area contributed by atoms with Crippen LogP contribution in [0.3, 0.4) is 0 Å². The minimum atomic E-state index is -0.265. The van der Waals surface area contributed by atoms with E-state index in [1.165, 1.54) is 0 Å². The van der Waals surface area contributed by atoms with Crippen LogP contribution in [0.5, 0.6) is 17.2 Å². The molecule has 2 aromatic rings. The highest BCUT2D eigenvalue weighted by atomic mass is 16.5. The first-order valence-corrected chi connectivity index (χ1v) is 8.68. The lowest BCUT2D eigenvalue weighted by Crippen LogP contribution is -2.22. The summed E-state index contributed by atoms with van der Waals surface area (Å²) in [4.78, 5) is 12.9. The molecule has 1 fully saturated rings. The van der Waals surface area contributed by atoms with Crippen LogP contribution in [0.1, 0.15) is 53.8 Å². The molecule has 3 atom stereocenters. The van der Waals surface area contributed by atoms with Crippen molar-refractivity contribution >= 4 is 5.78 Å². The van der Waals surface area contributed by atoms with Crippen molar-refractivity contribution in [3.63, 3.8) is 0 Å². The van der Waals surface area contributed by atoms with Gasteiger partial charge in [0.05, 0.1) is 13.5 Å². The summed E-state index contributed by atoms with van der Waals surface area (Å²) in [6.45, 7) is 4.39. The molecule has 1 saturated carbocycles. The largest absolute Gasteiger partial charge is 0.496 e. The first kappa shape index (κ1) is 14.8. The number of benzene rings is 2. The third-order valence-electron chi connectivity index (χ3n) is 5.84. The third-order valence-corrected chi connectivity index (χ3v) is 5.84. The van der Waals surface area contributed by atoms with Crippen LogP contribution in [-0.4, -0.2) is 19.0 Å². The lowest BCUT2D eigenvalue weighted by atomic mass is 9.91. The number of ketones is 1. The second kappa shape index (κ2) is 4.78. The Balaban J connectivity index is 1.66. The van der Waals surface area contributed by atoms with E-state index >= 15 is 0 Å². The summed E-state index contributed by atoms with van der Waals surface area (Å²) in [5.41, 5.74) is 2.71. The molecule has 0 N–H and O–H groups in total. The van der Waals surface area contributed by atoms with Crippen LogP contribution >= 0.6 is 0 Å². The molecule has 25 heavy (non-hydrogen) atoms. The van der Waals surface area contributed by atoms with Gasteiger partial charge in [0, 0.05) is 23.0 Å². The first-order chi connectivity index (χ1) is 12.0. The van der Waals surface area contributed by atoms with Crippen molar-refractivity contribution in [2.24, 2.45) is 5.41 Å². The summed E-state index contributed by atoms with van der Waals surface area (Å²) in [5.74, 6) is 2.36. The fourth-order valence-electron chi connectivity index (χ4n) is 4.35. The zero-order valence-corrected chi connectivity index (χ0v) is 14.5. The number of methoxy groups -OCH3 is 1. The van der Waals surface area contributed by atoms with Gasteiger partial charge in [0.1, 0.15) is 35.0 Å². The van der Waals surface area contributed by atoms with Gasteiger partial charge >= 0.3 is 0 Å². The molecule has 1 aliphatic carbocycles. The van der Waals surface area contributed by atoms with E-state index in [4.69, 9.17) is 14.2 Å². The molecule has 0 amide bonds. The van der Waals surface area contributed by atoms with Crippen LogP contribution in [-0.2, 0) is 0 Å². The van der Waals surface area contributed by atoms with Gasteiger partial charge < -0.3 is 14.2 Å². The molecule has 5 rings (SSSR count). The van der Waals surface area contributed by atoms with Crippen molar-refractivity contribution in [2.75, 3.05) is 7.11 Å². The van der Waals surface area contributed by atoms with Gasteiger partial charge in [0.15, 0.2) is 5.78 Å². The average Bonchev–Trinajstić information content (AvgIpc) is 2.96. The van der Waals surface area contributed by atoms with E-state index in [0.29, 0.717) is 23.5 Å². The molecule has 0 saturated heterocycles. The Labute approximate surface area is 146 Å². The molecule has 2 aliphatic heterocycles. The molecule has 3 aliphatic rings. The number of carbonyl (C=O) groups excluding carboxylic acids is 1. The molecule has 4 heteroatoms. The molecular formula is C21H20O4. The summed E-state index contributed by atoms with van der Waals surface area (Å²) in [7, 11) is 1.58. The second-order valence-corrected chi connectivity index (χ2v) is 7.68. The Kier molecular flexibility index (Phi) is 2.83. The van der Waals surface area contributed by atoms with Gasteiger partial charge in [-0.1, -0.05) is 44.2 Å². The fourth-order valence-corrected chi connectivity index (χ4v) is 4.35. The lowest BCUT2D eigenvalue weighted by Gasteiger charge is -2.29. The number of fused-ring (bicyclic) bond motifs is 5. The Hall–Kier alpha value is -2.49. The monoisotopic (exact) mass is 336 g/mol. The van der Waals surface area contributed by atoms with Gasteiger partial charge in [0.2, 0.25) is 0 Å². The topological polar surface area (TPSA) is 44.8 Å². The number of hydrogen-bond donors (Lipinski definition) is 0. The fraction of sp³-hybridized carbons (Fsp3) is 0.381. The Morgan fingerprint density at radius 2 is 1.92 bits per heavy atom. The molecule has 2 heterocycles. The van der Waals surface area contributed by atoms with Crippen molar-refractivity contribution in [3.8, 4) is 17.2 Å². The number of carbonyl (C=O) groups is 1.